The van der Waals surface area contributed by atoms with E-state index in [0.29, 0.717) is 6.54 Å². The lowest BCUT2D eigenvalue weighted by molar-refractivity contribution is -0.116. The zero-order valence-electron chi connectivity index (χ0n) is 16.3. The Morgan fingerprint density at radius 1 is 1.19 bits per heavy atom. The fourth-order valence-electron chi connectivity index (χ4n) is 2.96. The van der Waals surface area contributed by atoms with Gasteiger partial charge in [-0.25, -0.2) is 0 Å². The summed E-state index contributed by atoms with van der Waals surface area (Å²) in [5, 5.41) is 7.80. The van der Waals surface area contributed by atoms with Crippen molar-refractivity contribution in [2.45, 2.75) is 39.8 Å². The quantitative estimate of drug-likeness (QED) is 0.705. The molecule has 0 saturated heterocycles. The molecule has 1 amide bonds. The minimum absolute atomic E-state index is 0.0632. The van der Waals surface area contributed by atoms with E-state index >= 15 is 0 Å². The summed E-state index contributed by atoms with van der Waals surface area (Å²) in [4.78, 5) is 14.1. The van der Waals surface area contributed by atoms with Gasteiger partial charge in [0.25, 0.3) is 0 Å². The number of hydrogen-bond donors (Lipinski definition) is 1. The Hall–Kier alpha value is -2.40. The smallest absolute Gasteiger partial charge is 0.243 e. The summed E-state index contributed by atoms with van der Waals surface area (Å²) < 4.78 is 2.08. The molecule has 0 aliphatic rings. The van der Waals surface area contributed by atoms with E-state index in [-0.39, 0.29) is 5.91 Å². The first-order valence-electron chi connectivity index (χ1n) is 9.25. The van der Waals surface area contributed by atoms with Crippen LogP contribution in [0.4, 0.5) is 0 Å². The average molecular weight is 354 g/mol. The molecule has 140 valence electrons. The number of carbonyl (C=O) groups excluding carboxylic acids is 1. The van der Waals surface area contributed by atoms with Gasteiger partial charge in [-0.2, -0.15) is 5.10 Å². The van der Waals surface area contributed by atoms with E-state index in [4.69, 9.17) is 5.10 Å². The molecular weight excluding hydrogens is 324 g/mol. The van der Waals surface area contributed by atoms with Gasteiger partial charge in [0.05, 0.1) is 12.2 Å². The van der Waals surface area contributed by atoms with Crippen molar-refractivity contribution < 1.29 is 4.79 Å². The largest absolute Gasteiger partial charge is 0.348 e. The fraction of sp³-hybridized carbons (Fsp3) is 0.429. The monoisotopic (exact) mass is 354 g/mol. The van der Waals surface area contributed by atoms with Crippen LogP contribution >= 0.6 is 0 Å². The van der Waals surface area contributed by atoms with Crippen molar-refractivity contribution in [3.05, 3.63) is 65.0 Å². The molecule has 5 nitrogen and oxygen atoms in total. The van der Waals surface area contributed by atoms with Crippen molar-refractivity contribution in [3.8, 4) is 0 Å². The van der Waals surface area contributed by atoms with Gasteiger partial charge >= 0.3 is 0 Å². The highest BCUT2D eigenvalue weighted by molar-refractivity contribution is 5.87. The number of carbonyl (C=O) groups is 1. The minimum atomic E-state index is -0.0632. The van der Waals surface area contributed by atoms with E-state index in [1.54, 1.807) is 6.08 Å². The highest BCUT2D eigenvalue weighted by Gasteiger charge is 2.16. The molecule has 0 atom stereocenters. The third kappa shape index (κ3) is 5.56. The number of aromatic nitrogens is 2. The molecule has 1 heterocycles. The van der Waals surface area contributed by atoms with E-state index in [1.165, 1.54) is 11.3 Å². The molecule has 2 rings (SSSR count). The Labute approximate surface area is 156 Å². The summed E-state index contributed by atoms with van der Waals surface area (Å²) in [6.45, 7) is 6.28. The van der Waals surface area contributed by atoms with Gasteiger partial charge in [-0.1, -0.05) is 50.3 Å². The number of benzene rings is 1. The first-order valence-corrected chi connectivity index (χ1v) is 9.25. The molecule has 0 aliphatic heterocycles. The number of nitrogens with one attached hydrogen (secondary N) is 1. The minimum Gasteiger partial charge on any atom is -0.348 e. The molecule has 5 heteroatoms. The molecule has 1 N–H and O–H groups in total. The molecule has 2 aromatic rings. The number of hydrogen-bond acceptors (Lipinski definition) is 3. The molecule has 1 aromatic carbocycles. The van der Waals surface area contributed by atoms with Crippen LogP contribution in [0.15, 0.2) is 42.5 Å². The molecule has 0 fully saturated rings. The van der Waals surface area contributed by atoms with Crippen molar-refractivity contribution in [3.63, 3.8) is 0 Å². The highest BCUT2D eigenvalue weighted by Crippen LogP contribution is 2.18. The third-order valence-corrected chi connectivity index (χ3v) is 4.27. The van der Waals surface area contributed by atoms with Crippen molar-refractivity contribution in [1.82, 2.24) is 20.0 Å². The van der Waals surface area contributed by atoms with Gasteiger partial charge in [0.1, 0.15) is 0 Å². The Kier molecular flexibility index (Phi) is 7.60. The number of rotatable bonds is 9. The Morgan fingerprint density at radius 3 is 2.54 bits per heavy atom. The molecule has 0 unspecified atom stereocenters. The number of aryl methyl sites for hydroxylation is 1. The lowest BCUT2D eigenvalue weighted by Gasteiger charge is -2.09. The van der Waals surface area contributed by atoms with Gasteiger partial charge in [-0.15, -0.1) is 0 Å². The SMILES string of the molecule is CCc1nn(Cc2ccccc2)c(CC)c1CNC(=O)/C=C/CN(C)C. The molecule has 0 radical (unpaired) electrons. The normalized spacial score (nSPS) is 11.4. The maximum Gasteiger partial charge on any atom is 0.243 e. The zero-order chi connectivity index (χ0) is 18.9. The summed E-state index contributed by atoms with van der Waals surface area (Å²) in [7, 11) is 3.95. The number of amides is 1. The lowest BCUT2D eigenvalue weighted by Crippen LogP contribution is -2.22. The Balaban J connectivity index is 2.12. The number of likely N-dealkylation sites (N-methyl/N-ethyl adjacent to an activating group) is 1. The summed E-state index contributed by atoms with van der Waals surface area (Å²) in [5.74, 6) is -0.0632. The number of nitrogens with zero attached hydrogens (tertiary/aromatic N) is 3. The van der Waals surface area contributed by atoms with Crippen molar-refractivity contribution >= 4 is 5.91 Å². The molecule has 1 aromatic heterocycles. The van der Waals surface area contributed by atoms with Gasteiger partial charge in [-0.05, 0) is 32.5 Å². The summed E-state index contributed by atoms with van der Waals surface area (Å²) in [5.41, 5.74) is 4.65. The third-order valence-electron chi connectivity index (χ3n) is 4.27. The zero-order valence-corrected chi connectivity index (χ0v) is 16.3. The van der Waals surface area contributed by atoms with Crippen LogP contribution in [0.1, 0.15) is 36.4 Å². The van der Waals surface area contributed by atoms with E-state index < -0.39 is 0 Å². The van der Waals surface area contributed by atoms with Gasteiger partial charge in [0.2, 0.25) is 5.91 Å². The first-order chi connectivity index (χ1) is 12.5. The van der Waals surface area contributed by atoms with E-state index in [2.05, 4.69) is 36.0 Å². The molecule has 0 spiro atoms. The topological polar surface area (TPSA) is 50.2 Å². The second kappa shape index (κ2) is 9.92. The molecule has 0 aliphatic carbocycles. The molecule has 26 heavy (non-hydrogen) atoms. The molecule has 0 bridgehead atoms. The van der Waals surface area contributed by atoms with Crippen LogP contribution < -0.4 is 5.32 Å². The maximum atomic E-state index is 12.1. The second-order valence-corrected chi connectivity index (χ2v) is 6.60. The van der Waals surface area contributed by atoms with Crippen molar-refractivity contribution in [2.24, 2.45) is 0 Å². The van der Waals surface area contributed by atoms with Crippen molar-refractivity contribution in [2.75, 3.05) is 20.6 Å². The Bertz CT molecular complexity index is 732. The van der Waals surface area contributed by atoms with Gasteiger partial charge < -0.3 is 10.2 Å². The van der Waals surface area contributed by atoms with Crippen LogP contribution in [0.25, 0.3) is 0 Å². The predicted octanol–water partition coefficient (Wildman–Crippen LogP) is 2.79. The van der Waals surface area contributed by atoms with Crippen molar-refractivity contribution in [1.29, 1.82) is 0 Å². The predicted molar refractivity (Wildman–Crippen MR) is 106 cm³/mol. The van der Waals surface area contributed by atoms with Crippen LogP contribution in [0, 0.1) is 0 Å². The molecule has 0 saturated carbocycles. The van der Waals surface area contributed by atoms with Crippen LogP contribution in [-0.2, 0) is 30.7 Å². The van der Waals surface area contributed by atoms with E-state index in [9.17, 15) is 4.79 Å². The standard InChI is InChI=1S/C21H30N4O/c1-5-19-18(15-22-21(26)13-10-14-24(3)4)20(6-2)25(23-19)16-17-11-8-7-9-12-17/h7-13H,5-6,14-16H2,1-4H3,(H,22,26)/b13-10+. The lowest BCUT2D eigenvalue weighted by atomic mass is 10.1. The van der Waals surface area contributed by atoms with Gasteiger partial charge in [0, 0.05) is 30.4 Å². The summed E-state index contributed by atoms with van der Waals surface area (Å²) in [6, 6.07) is 10.3. The highest BCUT2D eigenvalue weighted by atomic mass is 16.1. The van der Waals surface area contributed by atoms with Crippen LogP contribution in [0.3, 0.4) is 0 Å². The van der Waals surface area contributed by atoms with Crippen LogP contribution in [0.5, 0.6) is 0 Å². The summed E-state index contributed by atoms with van der Waals surface area (Å²) >= 11 is 0. The summed E-state index contributed by atoms with van der Waals surface area (Å²) in [6.07, 6.45) is 5.22. The van der Waals surface area contributed by atoms with Gasteiger partial charge in [-0.3, -0.25) is 9.48 Å². The van der Waals surface area contributed by atoms with Gasteiger partial charge in [0.15, 0.2) is 0 Å². The molecular formula is C21H30N4O. The average Bonchev–Trinajstić information content (AvgIpc) is 2.96. The van der Waals surface area contributed by atoms with E-state index in [0.717, 1.165) is 37.2 Å². The first kappa shape index (κ1) is 19.9. The second-order valence-electron chi connectivity index (χ2n) is 6.60. The fourth-order valence-corrected chi connectivity index (χ4v) is 2.96. The maximum absolute atomic E-state index is 12.1. The van der Waals surface area contributed by atoms with Crippen LogP contribution in [-0.4, -0.2) is 41.2 Å². The Morgan fingerprint density at radius 2 is 1.92 bits per heavy atom. The van der Waals surface area contributed by atoms with Crippen LogP contribution in [0.2, 0.25) is 0 Å². The van der Waals surface area contributed by atoms with E-state index in [1.807, 2.05) is 43.3 Å².